The van der Waals surface area contributed by atoms with Crippen molar-refractivity contribution in [3.63, 3.8) is 0 Å². The predicted molar refractivity (Wildman–Crippen MR) is 406 cm³/mol. The van der Waals surface area contributed by atoms with Crippen LogP contribution in [0.2, 0.25) is 0 Å². The van der Waals surface area contributed by atoms with Crippen LogP contribution in [0.15, 0.2) is 173 Å². The van der Waals surface area contributed by atoms with Crippen LogP contribution in [0.4, 0.5) is 17.1 Å². The van der Waals surface area contributed by atoms with Gasteiger partial charge in [0.15, 0.2) is 0 Å². The fraction of sp³-hybridized carbons (Fsp3) is 0.418. The summed E-state index contributed by atoms with van der Waals surface area (Å²) < 4.78 is 13.8. The average molecular weight is 1260 g/mol. The first kappa shape index (κ1) is 64.6. The first-order valence-electron chi connectivity index (χ1n) is 37.8. The Bertz CT molecular complexity index is 4460. The van der Waals surface area contributed by atoms with E-state index in [0.717, 1.165) is 51.8 Å². The Balaban J connectivity index is 0.965. The van der Waals surface area contributed by atoms with Gasteiger partial charge in [0.1, 0.15) is 22.3 Å². The van der Waals surface area contributed by atoms with Gasteiger partial charge in [0.2, 0.25) is 0 Å². The lowest BCUT2D eigenvalue weighted by atomic mass is 9.68. The van der Waals surface area contributed by atoms with Crippen LogP contribution >= 0.6 is 0 Å². The molecule has 0 bridgehead atoms. The molecular formula is C91H104N2O2. The van der Waals surface area contributed by atoms with E-state index in [0.29, 0.717) is 0 Å². The van der Waals surface area contributed by atoms with Crippen molar-refractivity contribution < 1.29 is 8.83 Å². The van der Waals surface area contributed by atoms with Gasteiger partial charge in [-0.3, -0.25) is 4.98 Å². The molecule has 8 aromatic carbocycles. The highest BCUT2D eigenvalue weighted by molar-refractivity contribution is 6.19. The van der Waals surface area contributed by atoms with Crippen molar-refractivity contribution in [2.45, 2.75) is 244 Å². The van der Waals surface area contributed by atoms with Crippen LogP contribution in [0.1, 0.15) is 260 Å². The van der Waals surface area contributed by atoms with Crippen molar-refractivity contribution in [1.82, 2.24) is 4.98 Å². The Morgan fingerprint density at radius 1 is 0.347 bits per heavy atom. The number of nitrogens with zero attached hydrogens (tertiary/aromatic N) is 2. The fourth-order valence-corrected chi connectivity index (χ4v) is 18.1. The third-order valence-corrected chi connectivity index (χ3v) is 23.2. The maximum absolute atomic E-state index is 6.91. The minimum absolute atomic E-state index is 0.0918. The smallest absolute Gasteiger partial charge is 0.145 e. The number of fused-ring (bicyclic) bond motifs is 17. The summed E-state index contributed by atoms with van der Waals surface area (Å²) in [6.07, 6.45) is 37.6. The summed E-state index contributed by atoms with van der Waals surface area (Å²) in [4.78, 5) is 7.54. The Morgan fingerprint density at radius 3 is 1.40 bits per heavy atom. The molecule has 0 N–H and O–H groups in total. The minimum atomic E-state index is -0.328. The van der Waals surface area contributed by atoms with Crippen molar-refractivity contribution in [2.75, 3.05) is 4.90 Å². The van der Waals surface area contributed by atoms with Crippen molar-refractivity contribution in [3.8, 4) is 44.6 Å². The zero-order valence-corrected chi connectivity index (χ0v) is 58.6. The number of pyridine rings is 1. The van der Waals surface area contributed by atoms with E-state index in [-0.39, 0.29) is 16.2 Å². The van der Waals surface area contributed by atoms with Crippen LogP contribution in [0.25, 0.3) is 88.5 Å². The molecule has 4 nitrogen and oxygen atoms in total. The average Bonchev–Trinajstić information content (AvgIpc) is 1.53. The number of para-hydroxylation sites is 2. The lowest BCUT2D eigenvalue weighted by molar-refractivity contribution is 0.394. The van der Waals surface area contributed by atoms with Gasteiger partial charge in [-0.15, -0.1) is 0 Å². The lowest BCUT2D eigenvalue weighted by Crippen LogP contribution is -2.27. The Morgan fingerprint density at radius 2 is 0.811 bits per heavy atom. The normalized spacial score (nSPS) is 14.4. The SMILES string of the molecule is CCCCCCCCC1(CCCCCCCC)c2cc(N(c3ccc(C)cc3)c3ccc4c(c3)C(C)(C)c3cc(-c5ccccn5)c5oc6ccccc6c5c3-4)ccc2-c2cc3c(cc21)-c1c(ccc2oc4ccccc4c12)C3(CCCCCCCC)CCCCCCCC. The van der Waals surface area contributed by atoms with E-state index < -0.39 is 0 Å². The van der Waals surface area contributed by atoms with Gasteiger partial charge in [-0.1, -0.05) is 274 Å². The molecule has 0 unspecified atom stereocenters. The summed E-state index contributed by atoms with van der Waals surface area (Å²) in [6.45, 7) is 16.5. The van der Waals surface area contributed by atoms with E-state index in [1.807, 2.05) is 12.3 Å². The number of hydrogen-bond donors (Lipinski definition) is 0. The molecule has 0 amide bonds. The topological polar surface area (TPSA) is 42.4 Å². The first-order valence-corrected chi connectivity index (χ1v) is 37.8. The van der Waals surface area contributed by atoms with Gasteiger partial charge < -0.3 is 13.7 Å². The quantitative estimate of drug-likeness (QED) is 0.0394. The van der Waals surface area contributed by atoms with E-state index in [1.54, 1.807) is 22.3 Å². The van der Waals surface area contributed by atoms with Crippen molar-refractivity contribution >= 4 is 60.9 Å². The maximum atomic E-state index is 6.91. The van der Waals surface area contributed by atoms with Crippen molar-refractivity contribution in [2.24, 2.45) is 0 Å². The predicted octanol–water partition coefficient (Wildman–Crippen LogP) is 28.2. The first-order chi connectivity index (χ1) is 46.6. The molecule has 0 saturated heterocycles. The number of aromatic nitrogens is 1. The second-order valence-electron chi connectivity index (χ2n) is 29.8. The largest absolute Gasteiger partial charge is 0.456 e. The molecule has 0 atom stereocenters. The number of rotatable bonds is 32. The minimum Gasteiger partial charge on any atom is -0.456 e. The standard InChI is InChI=1S/C91H104N2O2/c1-8-12-16-20-24-33-53-90(54-34-25-21-17-13-9-2)74-51-52-83-86(69-38-28-30-41-81(69)94-83)85(74)72-61-77-71(60-78(72)90)67-49-47-66(59-76(67)91(77,55-35-26-22-18-14-10-3)56-36-27-23-19-15-11-4)93(64-45-43-63(5)44-46-64)65-48-50-68-75(58-65)89(6,7)79-62-73(80-40-32-37-57-92-80)88-87(84(68)79)70-39-29-31-42-82(70)95-88/h28-32,37-52,57-62H,8-27,33-36,53-56H2,1-7H3. The monoisotopic (exact) mass is 1260 g/mol. The summed E-state index contributed by atoms with van der Waals surface area (Å²) in [6, 6.07) is 61.3. The molecular weight excluding hydrogens is 1150 g/mol. The van der Waals surface area contributed by atoms with Gasteiger partial charge in [0.05, 0.1) is 5.69 Å². The van der Waals surface area contributed by atoms with Crippen LogP contribution < -0.4 is 4.90 Å². The fourth-order valence-electron chi connectivity index (χ4n) is 18.1. The molecule has 4 heteroatoms. The molecule has 0 spiro atoms. The van der Waals surface area contributed by atoms with Gasteiger partial charge in [0.25, 0.3) is 0 Å². The lowest BCUT2D eigenvalue weighted by Gasteiger charge is -2.35. The van der Waals surface area contributed by atoms with Gasteiger partial charge in [0, 0.05) is 66.6 Å². The van der Waals surface area contributed by atoms with Gasteiger partial charge in [-0.25, -0.2) is 0 Å². The van der Waals surface area contributed by atoms with Gasteiger partial charge in [-0.05, 0) is 184 Å². The molecule has 11 aromatic rings. The van der Waals surface area contributed by atoms with Crippen LogP contribution in [0.3, 0.4) is 0 Å². The number of anilines is 3. The molecule has 0 fully saturated rings. The number of unbranched alkanes of at least 4 members (excludes halogenated alkanes) is 20. The molecule has 0 saturated carbocycles. The summed E-state index contributed by atoms with van der Waals surface area (Å²) in [7, 11) is 0. The van der Waals surface area contributed by atoms with E-state index in [4.69, 9.17) is 13.8 Å². The second kappa shape index (κ2) is 28.2. The highest BCUT2D eigenvalue weighted by Gasteiger charge is 2.49. The van der Waals surface area contributed by atoms with Crippen LogP contribution in [-0.2, 0) is 16.2 Å². The summed E-state index contributed by atoms with van der Waals surface area (Å²) >= 11 is 0. The third-order valence-electron chi connectivity index (χ3n) is 23.2. The Hall–Kier alpha value is -7.69. The zero-order valence-electron chi connectivity index (χ0n) is 58.6. The summed E-state index contributed by atoms with van der Waals surface area (Å²) in [5.41, 5.74) is 27.5. The van der Waals surface area contributed by atoms with Crippen molar-refractivity contribution in [3.05, 3.63) is 203 Å². The molecule has 0 aliphatic heterocycles. The highest BCUT2D eigenvalue weighted by atomic mass is 16.3. The highest BCUT2D eigenvalue weighted by Crippen LogP contribution is 2.64. The van der Waals surface area contributed by atoms with E-state index in [9.17, 15) is 0 Å². The zero-order chi connectivity index (χ0) is 65.1. The van der Waals surface area contributed by atoms with Gasteiger partial charge in [-0.2, -0.15) is 0 Å². The van der Waals surface area contributed by atoms with E-state index in [2.05, 4.69) is 205 Å². The summed E-state index contributed by atoms with van der Waals surface area (Å²) in [5.74, 6) is 0. The molecule has 490 valence electrons. The molecule has 3 heterocycles. The number of aryl methyl sites for hydroxylation is 1. The van der Waals surface area contributed by atoms with Gasteiger partial charge >= 0.3 is 0 Å². The number of furan rings is 2. The summed E-state index contributed by atoms with van der Waals surface area (Å²) in [5, 5.41) is 4.91. The molecule has 95 heavy (non-hydrogen) atoms. The van der Waals surface area contributed by atoms with Crippen LogP contribution in [0.5, 0.6) is 0 Å². The molecule has 3 aliphatic carbocycles. The maximum Gasteiger partial charge on any atom is 0.145 e. The number of hydrogen-bond acceptors (Lipinski definition) is 4. The molecule has 3 aromatic heterocycles. The molecule has 0 radical (unpaired) electrons. The van der Waals surface area contributed by atoms with Crippen LogP contribution in [0, 0.1) is 6.92 Å². The van der Waals surface area contributed by atoms with E-state index >= 15 is 0 Å². The van der Waals surface area contributed by atoms with Crippen molar-refractivity contribution in [1.29, 1.82) is 0 Å². The number of benzene rings is 8. The Labute approximate surface area is 568 Å². The second-order valence-corrected chi connectivity index (χ2v) is 29.8. The van der Waals surface area contributed by atoms with Crippen LogP contribution in [-0.4, -0.2) is 4.98 Å². The third kappa shape index (κ3) is 11.9. The molecule has 14 rings (SSSR count). The van der Waals surface area contributed by atoms with E-state index in [1.165, 1.54) is 250 Å². The Kier molecular flexibility index (Phi) is 19.2. The molecule has 3 aliphatic rings.